The van der Waals surface area contributed by atoms with Gasteiger partial charge in [0.25, 0.3) is 6.33 Å². The Morgan fingerprint density at radius 3 is 2.49 bits per heavy atom. The number of anilines is 1. The number of rotatable bonds is 13. The molecule has 55 heavy (non-hydrogen) atoms. The van der Waals surface area contributed by atoms with Gasteiger partial charge in [-0.05, 0) is 37.4 Å². The van der Waals surface area contributed by atoms with Crippen molar-refractivity contribution in [3.63, 3.8) is 0 Å². The Balaban J connectivity index is 0.00000406. The Kier molecular flexibility index (Phi) is 15.6. The summed E-state index contributed by atoms with van der Waals surface area (Å²) in [6.45, 7) is 2.56. The number of nitrogens with one attached hydrogen (secondary N) is 1. The highest BCUT2D eigenvalue weighted by Crippen LogP contribution is 2.42. The highest BCUT2D eigenvalue weighted by atomic mass is 35.5. The van der Waals surface area contributed by atoms with Crippen molar-refractivity contribution in [1.82, 2.24) is 20.1 Å². The van der Waals surface area contributed by atoms with Crippen molar-refractivity contribution in [2.24, 2.45) is 0 Å². The number of carbonyl (C=O) groups excluding carboxylic acids is 2. The normalized spacial score (nSPS) is 12.9. The number of esters is 1. The molecule has 0 bridgehead atoms. The number of benzene rings is 3. The molecule has 3 unspecified atom stereocenters. The van der Waals surface area contributed by atoms with Gasteiger partial charge in [-0.3, -0.25) is 9.69 Å². The number of likely N-dealkylation sites (N-methyl/N-ethyl adjacent to an activating group) is 1. The van der Waals surface area contributed by atoms with E-state index in [1.807, 2.05) is 6.07 Å². The molecule has 0 aliphatic rings. The number of hydrogen-bond donors (Lipinski definition) is 2. The molecule has 292 valence electrons. The van der Waals surface area contributed by atoms with Crippen LogP contribution in [0.15, 0.2) is 72.6 Å². The lowest BCUT2D eigenvalue weighted by Crippen LogP contribution is -3.00. The molecule has 5 rings (SSSR count). The van der Waals surface area contributed by atoms with E-state index in [1.54, 1.807) is 62.7 Å². The largest absolute Gasteiger partial charge is 1.00 e. The topological polar surface area (TPSA) is 146 Å². The van der Waals surface area contributed by atoms with Gasteiger partial charge in [0.05, 0.1) is 34.6 Å². The van der Waals surface area contributed by atoms with Gasteiger partial charge in [0, 0.05) is 58.1 Å². The number of amides is 1. The van der Waals surface area contributed by atoms with Gasteiger partial charge in [-0.25, -0.2) is 22.9 Å². The number of halogens is 6. The van der Waals surface area contributed by atoms with Crippen LogP contribution < -0.4 is 27.2 Å². The third-order valence-corrected chi connectivity index (χ3v) is 9.74. The van der Waals surface area contributed by atoms with Crippen LogP contribution in [0.2, 0.25) is 5.02 Å². The van der Waals surface area contributed by atoms with Crippen molar-refractivity contribution >= 4 is 53.1 Å². The van der Waals surface area contributed by atoms with E-state index in [4.69, 9.17) is 26.3 Å². The Labute approximate surface area is 335 Å². The average Bonchev–Trinajstić information content (AvgIpc) is 3.82. The number of nitriles is 1. The quantitative estimate of drug-likeness (QED) is 0.104. The highest BCUT2D eigenvalue weighted by molar-refractivity contribution is 7.10. The van der Waals surface area contributed by atoms with Crippen LogP contribution in [0.3, 0.4) is 0 Å². The summed E-state index contributed by atoms with van der Waals surface area (Å²) < 4.78 is 57.5. The van der Waals surface area contributed by atoms with Crippen LogP contribution in [0.5, 0.6) is 0 Å². The molecule has 0 aliphatic carbocycles. The second-order valence-corrected chi connectivity index (χ2v) is 13.4. The van der Waals surface area contributed by atoms with E-state index in [0.717, 1.165) is 0 Å². The number of hydrogen-bond acceptors (Lipinski definition) is 10. The second-order valence-electron chi connectivity index (χ2n) is 12.0. The Hall–Kier alpha value is -4.76. The maximum Gasteiger partial charge on any atom is 0.416 e. The van der Waals surface area contributed by atoms with Crippen molar-refractivity contribution in [1.29, 1.82) is 5.26 Å². The van der Waals surface area contributed by atoms with Crippen LogP contribution in [-0.4, -0.2) is 52.6 Å². The van der Waals surface area contributed by atoms with Crippen molar-refractivity contribution < 1.29 is 54.3 Å². The van der Waals surface area contributed by atoms with Crippen LogP contribution in [0, 0.1) is 28.8 Å². The van der Waals surface area contributed by atoms with Gasteiger partial charge >= 0.3 is 12.1 Å². The fourth-order valence-electron chi connectivity index (χ4n) is 5.41. The fourth-order valence-corrected chi connectivity index (χ4v) is 6.55. The third-order valence-electron chi connectivity index (χ3n) is 8.48. The minimum absolute atomic E-state index is 0. The van der Waals surface area contributed by atoms with Crippen LogP contribution in [0.1, 0.15) is 47.7 Å². The number of ether oxygens (including phenoxy) is 2. The molecule has 0 fully saturated rings. The van der Waals surface area contributed by atoms with E-state index in [9.17, 15) is 23.5 Å². The Bertz CT molecular complexity index is 2170. The van der Waals surface area contributed by atoms with E-state index >= 15 is 4.39 Å². The lowest BCUT2D eigenvalue weighted by Gasteiger charge is -2.32. The van der Waals surface area contributed by atoms with E-state index in [2.05, 4.69) is 15.4 Å². The molecule has 0 spiro atoms. The van der Waals surface area contributed by atoms with Crippen LogP contribution >= 0.6 is 35.3 Å². The van der Waals surface area contributed by atoms with Crippen molar-refractivity contribution in [2.45, 2.75) is 44.7 Å². The molecular formula is C36H35Cl3F3N7O5S. The first-order valence-electron chi connectivity index (χ1n) is 16.0. The number of nitrogens with zero attached hydrogens (tertiary/aromatic N) is 6. The first-order chi connectivity index (χ1) is 25.2. The molecule has 1 amide bonds. The maximum absolute atomic E-state index is 15.4. The molecule has 12 nitrogen and oxygen atoms in total. The van der Waals surface area contributed by atoms with E-state index in [-0.39, 0.29) is 38.0 Å². The van der Waals surface area contributed by atoms with Crippen molar-refractivity contribution in [3.8, 4) is 17.3 Å². The number of aliphatic hydroxyl groups is 1. The fraction of sp³-hybridized carbons (Fsp3) is 0.278. The molecule has 0 saturated carbocycles. The summed E-state index contributed by atoms with van der Waals surface area (Å²) in [5.41, 5.74) is -0.213. The van der Waals surface area contributed by atoms with Gasteiger partial charge in [0.15, 0.2) is 11.6 Å². The van der Waals surface area contributed by atoms with E-state index < -0.39 is 59.4 Å². The highest BCUT2D eigenvalue weighted by Gasteiger charge is 2.44. The zero-order valence-electron chi connectivity index (χ0n) is 29.7. The molecule has 2 aromatic heterocycles. The third kappa shape index (κ3) is 10.3. The zero-order chi connectivity index (χ0) is 38.4. The Morgan fingerprint density at radius 2 is 1.82 bits per heavy atom. The first kappa shape index (κ1) is 44.6. The lowest BCUT2D eigenvalue weighted by atomic mass is 9.82. The molecule has 19 heteroatoms. The summed E-state index contributed by atoms with van der Waals surface area (Å²) in [5.74, 6) is -5.43. The van der Waals surface area contributed by atoms with E-state index in [0.29, 0.717) is 50.2 Å². The molecule has 0 radical (unpaired) electrons. The number of aromatic nitrogens is 4. The molecule has 3 atom stereocenters. The zero-order valence-corrected chi connectivity index (χ0v) is 32.8. The van der Waals surface area contributed by atoms with Crippen LogP contribution in [-0.2, 0) is 33.0 Å². The van der Waals surface area contributed by atoms with E-state index in [1.165, 1.54) is 51.3 Å². The molecule has 0 aliphatic heterocycles. The summed E-state index contributed by atoms with van der Waals surface area (Å²) in [5, 5.41) is 30.8. The van der Waals surface area contributed by atoms with Gasteiger partial charge in [0.2, 0.25) is 12.6 Å². The molecule has 3 aromatic carbocycles. The summed E-state index contributed by atoms with van der Waals surface area (Å²) >= 11 is 7.37. The van der Waals surface area contributed by atoms with Crippen LogP contribution in [0.4, 0.5) is 23.7 Å². The van der Waals surface area contributed by atoms with Crippen molar-refractivity contribution in [3.05, 3.63) is 117 Å². The molecule has 2 N–H and O–H groups in total. The van der Waals surface area contributed by atoms with Gasteiger partial charge in [0.1, 0.15) is 24.6 Å². The lowest BCUT2D eigenvalue weighted by molar-refractivity contribution is -0.753. The Morgan fingerprint density at radius 1 is 1.13 bits per heavy atom. The summed E-state index contributed by atoms with van der Waals surface area (Å²) in [6.07, 6.45) is 0.944. The molecule has 0 saturated heterocycles. The maximum atomic E-state index is 15.4. The van der Waals surface area contributed by atoms with Gasteiger partial charge in [-0.15, -0.1) is 28.4 Å². The predicted molar refractivity (Wildman–Crippen MR) is 195 cm³/mol. The minimum atomic E-state index is -2.22. The van der Waals surface area contributed by atoms with Crippen LogP contribution in [0.25, 0.3) is 11.3 Å². The first-order valence-corrected chi connectivity index (χ1v) is 17.3. The van der Waals surface area contributed by atoms with Crippen molar-refractivity contribution in [2.75, 3.05) is 25.5 Å². The monoisotopic (exact) mass is 839 g/mol. The second kappa shape index (κ2) is 19.2. The number of carbonyl (C=O) groups is 2. The molecular weight excluding hydrogens is 806 g/mol. The van der Waals surface area contributed by atoms with Gasteiger partial charge < -0.3 is 32.3 Å². The van der Waals surface area contributed by atoms with Gasteiger partial charge in [-0.2, -0.15) is 9.83 Å². The van der Waals surface area contributed by atoms with Gasteiger partial charge in [-0.1, -0.05) is 36.7 Å². The predicted octanol–water partition coefficient (Wildman–Crippen LogP) is 3.41. The average molecular weight is 841 g/mol. The summed E-state index contributed by atoms with van der Waals surface area (Å²) in [6, 6.07) is 14.5. The molecule has 2 heterocycles. The summed E-state index contributed by atoms with van der Waals surface area (Å²) in [4.78, 5) is 31.0. The molecule has 5 aromatic rings. The smallest absolute Gasteiger partial charge is 0.416 e. The standard InChI is InChI=1S/C36H34ClF3N7O5S.2ClH/c1-21(34-44-31(17-53-34)24-7-5-23(14-41)6-8-24)36(50,27-12-29(39)30(40)13-28(27)38)18-47-20-46(19-43-47)22(2)52-35(49)45(4)32-11-26(37)10-9-25(32)16-51-33(48)15-42-3;;/h5-13,17,19-22,42,50H,15-16,18H2,1-4H3;2*1H/q+1;;/p-1. The summed E-state index contributed by atoms with van der Waals surface area (Å²) in [7, 11) is 3.06. The number of thiazole rings is 1. The SMILES string of the molecule is CNCC(=O)OCc1ccc(Cl)cc1N(C)C(=O)OC(C)[n+]1cnn(CC(O)(c2cc(F)c(F)cc2F)C(C)c2nc(-c3ccc(C#N)cc3)cs2)c1.Cl.[Cl-]. The minimum Gasteiger partial charge on any atom is -1.00 e.